The number of nitrogens with zero attached hydrogens (tertiary/aromatic N) is 2. The van der Waals surface area contributed by atoms with Crippen molar-refractivity contribution in [2.45, 2.75) is 72.1 Å². The lowest BCUT2D eigenvalue weighted by Gasteiger charge is -2.39. The highest BCUT2D eigenvalue weighted by Gasteiger charge is 2.83. The van der Waals surface area contributed by atoms with Crippen LogP contribution in [0.1, 0.15) is 53.9 Å². The van der Waals surface area contributed by atoms with Crippen molar-refractivity contribution >= 4 is 23.6 Å². The van der Waals surface area contributed by atoms with Crippen molar-refractivity contribution in [2.75, 3.05) is 13.1 Å². The molecule has 4 N–H and O–H groups in total. The van der Waals surface area contributed by atoms with E-state index in [1.165, 1.54) is 0 Å². The van der Waals surface area contributed by atoms with E-state index in [2.05, 4.69) is 11.4 Å². The van der Waals surface area contributed by atoms with E-state index in [9.17, 15) is 37.6 Å². The summed E-state index contributed by atoms with van der Waals surface area (Å²) in [6, 6.07) is -0.553. The van der Waals surface area contributed by atoms with Crippen molar-refractivity contribution in [2.24, 2.45) is 39.7 Å². The molecule has 3 rings (SSSR count). The Labute approximate surface area is 208 Å². The van der Waals surface area contributed by atoms with Gasteiger partial charge in [-0.2, -0.15) is 18.4 Å². The minimum absolute atomic E-state index is 0.0109. The van der Waals surface area contributed by atoms with E-state index in [-0.39, 0.29) is 31.2 Å². The zero-order chi connectivity index (χ0) is 27.4. The summed E-state index contributed by atoms with van der Waals surface area (Å²) in [5.74, 6) is -5.67. The van der Waals surface area contributed by atoms with Gasteiger partial charge in [-0.1, -0.05) is 34.6 Å². The molecule has 2 heterocycles. The fourth-order valence-electron chi connectivity index (χ4n) is 6.67. The Bertz CT molecular complexity index is 999. The van der Waals surface area contributed by atoms with E-state index < -0.39 is 64.1 Å². The Hall–Kier alpha value is -2.84. The molecule has 0 radical (unpaired) electrons. The van der Waals surface area contributed by atoms with Crippen LogP contribution in [0.5, 0.6) is 0 Å². The predicted molar refractivity (Wildman–Crippen MR) is 121 cm³/mol. The van der Waals surface area contributed by atoms with Gasteiger partial charge in [0.2, 0.25) is 17.7 Å². The van der Waals surface area contributed by atoms with Gasteiger partial charge in [0.25, 0.3) is 0 Å². The van der Waals surface area contributed by atoms with E-state index in [0.29, 0.717) is 13.0 Å². The molecule has 4 amide bonds. The summed E-state index contributed by atoms with van der Waals surface area (Å²) < 4.78 is 39.1. The van der Waals surface area contributed by atoms with E-state index in [4.69, 9.17) is 5.73 Å². The van der Waals surface area contributed by atoms with E-state index in [0.717, 1.165) is 4.90 Å². The number of nitriles is 1. The Morgan fingerprint density at radius 3 is 2.33 bits per heavy atom. The molecule has 9 nitrogen and oxygen atoms in total. The van der Waals surface area contributed by atoms with Crippen molar-refractivity contribution < 1.29 is 32.3 Å². The molecule has 0 aromatic carbocycles. The molecule has 0 bridgehead atoms. The zero-order valence-corrected chi connectivity index (χ0v) is 21.2. The number of hydrogen-bond acceptors (Lipinski definition) is 5. The smallest absolute Gasteiger partial charge is 0.368 e. The SMILES string of the molecule is CC(C)(C)C[C@H](NC(=O)C(F)(F)F)C(=O)N1CC2C(C)(C)C2([C@@H](C#N)C[C@H]2CCNC2=O)C1C(N)=O. The summed E-state index contributed by atoms with van der Waals surface area (Å²) in [6.07, 6.45) is -4.58. The second-order valence-electron chi connectivity index (χ2n) is 12.0. The Morgan fingerprint density at radius 1 is 1.28 bits per heavy atom. The molecule has 2 saturated heterocycles. The van der Waals surface area contributed by atoms with Gasteiger partial charge in [0, 0.05) is 24.4 Å². The summed E-state index contributed by atoms with van der Waals surface area (Å²) >= 11 is 0. The first-order chi connectivity index (χ1) is 16.4. The van der Waals surface area contributed by atoms with Gasteiger partial charge in [-0.3, -0.25) is 19.2 Å². The molecule has 0 aromatic rings. The monoisotopic (exact) mass is 513 g/mol. The van der Waals surface area contributed by atoms with Gasteiger partial charge in [-0.15, -0.1) is 0 Å². The number of nitrogens with one attached hydrogen (secondary N) is 2. The average Bonchev–Trinajstić information content (AvgIpc) is 3.09. The van der Waals surface area contributed by atoms with Crippen LogP contribution in [0.15, 0.2) is 0 Å². The van der Waals surface area contributed by atoms with E-state index >= 15 is 0 Å². The van der Waals surface area contributed by atoms with Gasteiger partial charge in [0.15, 0.2) is 0 Å². The van der Waals surface area contributed by atoms with Crippen LogP contribution in [-0.2, 0) is 19.2 Å². The average molecular weight is 514 g/mol. The van der Waals surface area contributed by atoms with Crippen LogP contribution in [0.2, 0.25) is 0 Å². The van der Waals surface area contributed by atoms with Crippen LogP contribution in [0.4, 0.5) is 13.2 Å². The Morgan fingerprint density at radius 2 is 1.89 bits per heavy atom. The Balaban J connectivity index is 1.97. The Kier molecular flexibility index (Phi) is 6.88. The molecule has 200 valence electrons. The maximum Gasteiger partial charge on any atom is 0.471 e. The molecule has 2 aliphatic heterocycles. The predicted octanol–water partition coefficient (Wildman–Crippen LogP) is 1.47. The number of carbonyl (C=O) groups excluding carboxylic acids is 4. The first-order valence-corrected chi connectivity index (χ1v) is 12.0. The highest BCUT2D eigenvalue weighted by atomic mass is 19.4. The van der Waals surface area contributed by atoms with Gasteiger partial charge < -0.3 is 21.3 Å². The number of piperidine rings is 1. The van der Waals surface area contributed by atoms with Crippen LogP contribution in [0, 0.1) is 45.3 Å². The molecule has 3 fully saturated rings. The third-order valence-corrected chi connectivity index (χ3v) is 8.27. The third-order valence-electron chi connectivity index (χ3n) is 8.27. The highest BCUT2D eigenvalue weighted by Crippen LogP contribution is 2.78. The lowest BCUT2D eigenvalue weighted by Crippen LogP contribution is -2.59. The van der Waals surface area contributed by atoms with Gasteiger partial charge in [0.05, 0.1) is 12.0 Å². The fraction of sp³-hybridized carbons (Fsp3) is 0.792. The maximum atomic E-state index is 13.6. The second kappa shape index (κ2) is 8.92. The van der Waals surface area contributed by atoms with E-state index in [1.807, 2.05) is 13.8 Å². The molecule has 36 heavy (non-hydrogen) atoms. The molecule has 3 unspecified atom stereocenters. The lowest BCUT2D eigenvalue weighted by molar-refractivity contribution is -0.175. The first kappa shape index (κ1) is 27.7. The number of hydrogen-bond donors (Lipinski definition) is 3. The summed E-state index contributed by atoms with van der Waals surface area (Å²) in [5.41, 5.74) is 3.53. The number of halogens is 3. The number of nitrogens with two attached hydrogens (primary N) is 1. The van der Waals surface area contributed by atoms with Crippen molar-refractivity contribution in [3.63, 3.8) is 0 Å². The summed E-state index contributed by atoms with van der Waals surface area (Å²) in [4.78, 5) is 51.5. The van der Waals surface area contributed by atoms with Gasteiger partial charge >= 0.3 is 12.1 Å². The molecule has 12 heteroatoms. The number of amides is 4. The molecule has 0 aromatic heterocycles. The number of primary amides is 1. The van der Waals surface area contributed by atoms with Crippen molar-refractivity contribution in [1.29, 1.82) is 5.26 Å². The highest BCUT2D eigenvalue weighted by molar-refractivity contribution is 5.94. The maximum absolute atomic E-state index is 13.6. The van der Waals surface area contributed by atoms with Crippen molar-refractivity contribution in [1.82, 2.24) is 15.5 Å². The summed E-state index contributed by atoms with van der Waals surface area (Å²) in [6.45, 7) is 9.36. The number of rotatable bonds is 7. The number of likely N-dealkylation sites (tertiary alicyclic amines) is 1. The molecule has 1 saturated carbocycles. The zero-order valence-electron chi connectivity index (χ0n) is 21.2. The second-order valence-corrected chi connectivity index (χ2v) is 12.0. The lowest BCUT2D eigenvalue weighted by atomic mass is 9.73. The number of alkyl halides is 3. The third kappa shape index (κ3) is 4.52. The van der Waals surface area contributed by atoms with Crippen LogP contribution < -0.4 is 16.4 Å². The molecule has 0 spiro atoms. The quantitative estimate of drug-likeness (QED) is 0.472. The van der Waals surface area contributed by atoms with Crippen LogP contribution in [0.25, 0.3) is 0 Å². The molecule has 3 aliphatic rings. The molecule has 6 atom stereocenters. The minimum Gasteiger partial charge on any atom is -0.368 e. The van der Waals surface area contributed by atoms with Gasteiger partial charge in [0.1, 0.15) is 12.1 Å². The minimum atomic E-state index is -5.19. The molecular weight excluding hydrogens is 479 g/mol. The first-order valence-electron chi connectivity index (χ1n) is 12.0. The fourth-order valence-corrected chi connectivity index (χ4v) is 6.67. The van der Waals surface area contributed by atoms with Gasteiger partial charge in [-0.25, -0.2) is 0 Å². The number of carbonyl (C=O) groups is 4. The largest absolute Gasteiger partial charge is 0.471 e. The van der Waals surface area contributed by atoms with Crippen LogP contribution in [0.3, 0.4) is 0 Å². The van der Waals surface area contributed by atoms with E-state index in [1.54, 1.807) is 26.1 Å². The molecular formula is C24H34F3N5O4. The van der Waals surface area contributed by atoms with Crippen molar-refractivity contribution in [3.05, 3.63) is 0 Å². The van der Waals surface area contributed by atoms with Crippen molar-refractivity contribution in [3.8, 4) is 6.07 Å². The summed E-state index contributed by atoms with van der Waals surface area (Å²) in [5, 5.41) is 14.7. The van der Waals surface area contributed by atoms with Crippen LogP contribution in [-0.4, -0.2) is 59.9 Å². The summed E-state index contributed by atoms with van der Waals surface area (Å²) in [7, 11) is 0. The standard InChI is InChI=1S/C24H34F3N5O4/c1-21(2,3)9-14(31-20(36)24(25,26)27)19(35)32-11-15-22(4,5)23(15,16(32)17(29)33)13(10-28)8-12-6-7-30-18(12)34/h12-16H,6-9,11H2,1-5H3,(H2,29,33)(H,30,34)(H,31,36)/t12-,13-,14+,15?,16?,23?/m1/s1. The normalized spacial score (nSPS) is 30.6. The number of fused-ring (bicyclic) bond motifs is 1. The topological polar surface area (TPSA) is 145 Å². The van der Waals surface area contributed by atoms with Gasteiger partial charge in [-0.05, 0) is 36.0 Å². The van der Waals surface area contributed by atoms with Crippen LogP contribution >= 0.6 is 0 Å². The molecule has 1 aliphatic carbocycles.